The van der Waals surface area contributed by atoms with Crippen molar-refractivity contribution in [1.29, 1.82) is 0 Å². The predicted octanol–water partition coefficient (Wildman–Crippen LogP) is 4.12. The van der Waals surface area contributed by atoms with Crippen molar-refractivity contribution in [3.8, 4) is 11.1 Å². The maximum absolute atomic E-state index is 13.7. The number of pyridine rings is 1. The Morgan fingerprint density at radius 1 is 1.12 bits per heavy atom. The number of aromatic nitrogens is 4. The highest BCUT2D eigenvalue weighted by Gasteiger charge is 2.25. The Morgan fingerprint density at radius 3 is 2.73 bits per heavy atom. The first kappa shape index (κ1) is 25.5. The maximum Gasteiger partial charge on any atom is 0.324 e. The molecule has 4 heterocycles. The number of fused-ring (bicyclic) bond motifs is 2. The molecule has 3 aromatic heterocycles. The molecule has 3 N–H and O–H groups in total. The van der Waals surface area contributed by atoms with Gasteiger partial charge in [0.1, 0.15) is 5.82 Å². The number of carbonyl (C=O) groups excluding carboxylic acids is 2. The van der Waals surface area contributed by atoms with Gasteiger partial charge in [0.2, 0.25) is 0 Å². The molecule has 1 saturated heterocycles. The number of amides is 3. The fourth-order valence-electron chi connectivity index (χ4n) is 5.10. The second-order valence-electron chi connectivity index (χ2n) is 10.1. The SMILES string of the molecule is C[C@H](NC(=O)c1cn(C)c2ccc(-c3ccn4nc(NC(=O)N5CC[C@@H](O)C5)nc4c3)cc12)c1cccc(F)c1. The standard InChI is InChI=1S/C29H28FN7O3/c1-17(18-4-3-5-21(30)12-18)31-27(39)24-16-35(2)25-7-6-19(13-23(24)25)20-8-11-37-26(14-20)32-28(34-37)33-29(40)36-10-9-22(38)15-36/h3-8,11-14,16-17,22,38H,9-10,15H2,1-2H3,(H,31,39)(H,33,34,40)/t17-,22+/m0/s1. The van der Waals surface area contributed by atoms with Gasteiger partial charge in [-0.25, -0.2) is 13.7 Å². The first-order valence-corrected chi connectivity index (χ1v) is 13.0. The molecule has 1 fully saturated rings. The summed E-state index contributed by atoms with van der Waals surface area (Å²) in [5.41, 5.74) is 4.39. The molecule has 1 aliphatic rings. The van der Waals surface area contributed by atoms with E-state index in [1.54, 1.807) is 29.0 Å². The number of urea groups is 1. The Labute approximate surface area is 229 Å². The molecule has 2 aromatic carbocycles. The smallest absolute Gasteiger partial charge is 0.324 e. The Kier molecular flexibility index (Phi) is 6.43. The lowest BCUT2D eigenvalue weighted by molar-refractivity contribution is 0.0941. The second-order valence-corrected chi connectivity index (χ2v) is 10.1. The molecule has 3 amide bonds. The summed E-state index contributed by atoms with van der Waals surface area (Å²) in [5, 5.41) is 20.5. The van der Waals surface area contributed by atoms with Crippen molar-refractivity contribution >= 4 is 34.4 Å². The molecular formula is C29H28FN7O3. The van der Waals surface area contributed by atoms with Crippen molar-refractivity contribution in [2.45, 2.75) is 25.5 Å². The fraction of sp³-hybridized carbons (Fsp3) is 0.241. The quantitative estimate of drug-likeness (QED) is 0.310. The van der Waals surface area contributed by atoms with Crippen molar-refractivity contribution in [3.63, 3.8) is 0 Å². The topological polar surface area (TPSA) is 117 Å². The first-order valence-electron chi connectivity index (χ1n) is 13.0. The molecular weight excluding hydrogens is 513 g/mol. The first-order chi connectivity index (χ1) is 19.2. The number of anilines is 1. The molecule has 0 unspecified atom stereocenters. The fourth-order valence-corrected chi connectivity index (χ4v) is 5.10. The summed E-state index contributed by atoms with van der Waals surface area (Å²) in [6.07, 6.45) is 3.60. The third-order valence-electron chi connectivity index (χ3n) is 7.27. The number of likely N-dealkylation sites (tertiary alicyclic amines) is 1. The van der Waals surface area contributed by atoms with E-state index in [4.69, 9.17) is 0 Å². The summed E-state index contributed by atoms with van der Waals surface area (Å²) >= 11 is 0. The average Bonchev–Trinajstić information content (AvgIpc) is 3.64. The van der Waals surface area contributed by atoms with Crippen LogP contribution in [0.2, 0.25) is 0 Å². The highest BCUT2D eigenvalue weighted by atomic mass is 19.1. The van der Waals surface area contributed by atoms with Crippen LogP contribution in [-0.4, -0.2) is 60.3 Å². The van der Waals surface area contributed by atoms with Gasteiger partial charge in [0.05, 0.1) is 17.7 Å². The molecule has 2 atom stereocenters. The van der Waals surface area contributed by atoms with Gasteiger partial charge in [-0.05, 0) is 66.4 Å². The van der Waals surface area contributed by atoms with Crippen LogP contribution in [0.15, 0.2) is 67.0 Å². The van der Waals surface area contributed by atoms with Gasteiger partial charge in [-0.1, -0.05) is 18.2 Å². The normalized spacial score (nSPS) is 16.0. The minimum absolute atomic E-state index is 0.174. The van der Waals surface area contributed by atoms with Gasteiger partial charge in [0, 0.05) is 43.4 Å². The van der Waals surface area contributed by atoms with E-state index in [0.29, 0.717) is 29.7 Å². The zero-order valence-corrected chi connectivity index (χ0v) is 22.0. The number of aryl methyl sites for hydroxylation is 1. The van der Waals surface area contributed by atoms with E-state index >= 15 is 0 Å². The number of hydrogen-bond acceptors (Lipinski definition) is 5. The number of benzene rings is 2. The molecule has 10 nitrogen and oxygen atoms in total. The number of nitrogens with zero attached hydrogens (tertiary/aromatic N) is 5. The van der Waals surface area contributed by atoms with Gasteiger partial charge in [-0.2, -0.15) is 4.98 Å². The van der Waals surface area contributed by atoms with Crippen LogP contribution in [0, 0.1) is 5.82 Å². The van der Waals surface area contributed by atoms with Gasteiger partial charge in [-0.3, -0.25) is 10.1 Å². The average molecular weight is 542 g/mol. The van der Waals surface area contributed by atoms with Crippen LogP contribution in [0.1, 0.15) is 35.3 Å². The third kappa shape index (κ3) is 4.87. The van der Waals surface area contributed by atoms with E-state index in [1.165, 1.54) is 17.0 Å². The van der Waals surface area contributed by atoms with E-state index in [1.807, 2.05) is 48.9 Å². The van der Waals surface area contributed by atoms with E-state index < -0.39 is 6.10 Å². The molecule has 5 aromatic rings. The van der Waals surface area contributed by atoms with E-state index in [0.717, 1.165) is 22.0 Å². The van der Waals surface area contributed by atoms with Gasteiger partial charge in [-0.15, -0.1) is 5.10 Å². The molecule has 0 radical (unpaired) electrons. The van der Waals surface area contributed by atoms with Gasteiger partial charge in [0.15, 0.2) is 5.65 Å². The zero-order chi connectivity index (χ0) is 28.0. The number of nitrogens with one attached hydrogen (secondary N) is 2. The van der Waals surface area contributed by atoms with Crippen LogP contribution < -0.4 is 10.6 Å². The lowest BCUT2D eigenvalue weighted by atomic mass is 10.0. The van der Waals surface area contributed by atoms with Crippen molar-refractivity contribution in [3.05, 3.63) is 83.9 Å². The molecule has 6 rings (SSSR count). The van der Waals surface area contributed by atoms with Crippen molar-refractivity contribution in [2.75, 3.05) is 18.4 Å². The molecule has 0 saturated carbocycles. The summed E-state index contributed by atoms with van der Waals surface area (Å²) < 4.78 is 17.2. The number of hydrogen-bond donors (Lipinski definition) is 3. The van der Waals surface area contributed by atoms with Crippen LogP contribution in [0.5, 0.6) is 0 Å². The van der Waals surface area contributed by atoms with E-state index in [2.05, 4.69) is 20.7 Å². The van der Waals surface area contributed by atoms with Crippen LogP contribution >= 0.6 is 0 Å². The molecule has 0 spiro atoms. The molecule has 11 heteroatoms. The summed E-state index contributed by atoms with van der Waals surface area (Å²) in [4.78, 5) is 31.7. The Balaban J connectivity index is 1.26. The van der Waals surface area contributed by atoms with Crippen molar-refractivity contribution in [2.24, 2.45) is 7.05 Å². The van der Waals surface area contributed by atoms with Crippen molar-refractivity contribution < 1.29 is 19.1 Å². The summed E-state index contributed by atoms with van der Waals surface area (Å²) in [6, 6.07) is 15.1. The number of rotatable bonds is 5. The highest BCUT2D eigenvalue weighted by molar-refractivity contribution is 6.08. The monoisotopic (exact) mass is 541 g/mol. The number of carbonyl (C=O) groups is 2. The lowest BCUT2D eigenvalue weighted by Gasteiger charge is -2.14. The number of aliphatic hydroxyl groups is 1. The number of halogens is 1. The summed E-state index contributed by atoms with van der Waals surface area (Å²) in [7, 11) is 1.88. The second kappa shape index (κ2) is 10.1. The van der Waals surface area contributed by atoms with Crippen LogP contribution in [0.25, 0.3) is 27.7 Å². The van der Waals surface area contributed by atoms with E-state index in [9.17, 15) is 19.1 Å². The molecule has 1 aliphatic heterocycles. The third-order valence-corrected chi connectivity index (χ3v) is 7.27. The van der Waals surface area contributed by atoms with Crippen LogP contribution in [0.3, 0.4) is 0 Å². The van der Waals surface area contributed by atoms with Gasteiger partial charge in [0.25, 0.3) is 11.9 Å². The lowest BCUT2D eigenvalue weighted by Crippen LogP contribution is -2.33. The van der Waals surface area contributed by atoms with Crippen LogP contribution in [0.4, 0.5) is 15.1 Å². The number of aliphatic hydroxyl groups excluding tert-OH is 1. The Bertz CT molecular complexity index is 1760. The Hall–Kier alpha value is -4.77. The molecule has 0 bridgehead atoms. The van der Waals surface area contributed by atoms with Gasteiger partial charge < -0.3 is 19.9 Å². The molecule has 204 valence electrons. The molecule has 0 aliphatic carbocycles. The van der Waals surface area contributed by atoms with Gasteiger partial charge >= 0.3 is 6.03 Å². The summed E-state index contributed by atoms with van der Waals surface area (Å²) in [5.74, 6) is -0.425. The largest absolute Gasteiger partial charge is 0.391 e. The zero-order valence-electron chi connectivity index (χ0n) is 22.0. The summed E-state index contributed by atoms with van der Waals surface area (Å²) in [6.45, 7) is 2.59. The van der Waals surface area contributed by atoms with Crippen LogP contribution in [-0.2, 0) is 7.05 Å². The number of β-amino-alcohol motifs (C(OH)–C–C–N with tert-alkyl or cyclic N) is 1. The Morgan fingerprint density at radius 2 is 1.95 bits per heavy atom. The van der Waals surface area contributed by atoms with E-state index in [-0.39, 0.29) is 36.3 Å². The van der Waals surface area contributed by atoms with Crippen molar-refractivity contribution in [1.82, 2.24) is 29.4 Å². The minimum atomic E-state index is -0.507. The highest BCUT2D eigenvalue weighted by Crippen LogP contribution is 2.29. The predicted molar refractivity (Wildman–Crippen MR) is 148 cm³/mol. The molecule has 40 heavy (non-hydrogen) atoms. The minimum Gasteiger partial charge on any atom is -0.391 e. The maximum atomic E-state index is 13.7.